The molecule has 1 aromatic carbocycles. The summed E-state index contributed by atoms with van der Waals surface area (Å²) in [5.74, 6) is 0.850. The van der Waals surface area contributed by atoms with Crippen LogP contribution >= 0.6 is 0 Å². The highest BCUT2D eigenvalue weighted by atomic mass is 19.1. The SMILES string of the molecule is CC(C)[C@H](CO)Nc1nc(NCc2ccccc2F)cc(-c2ccccn2)n1. The summed E-state index contributed by atoms with van der Waals surface area (Å²) in [6, 6.07) is 13.8. The Morgan fingerprint density at radius 3 is 2.50 bits per heavy atom. The zero-order valence-electron chi connectivity index (χ0n) is 15.9. The predicted octanol–water partition coefficient (Wildman–Crippen LogP) is 3.72. The first-order valence-corrected chi connectivity index (χ1v) is 9.22. The second kappa shape index (κ2) is 9.23. The molecule has 0 bridgehead atoms. The second-order valence-corrected chi connectivity index (χ2v) is 6.80. The standard InChI is InChI=1S/C21H24FN5O/c1-14(2)19(13-28)26-21-25-18(17-9-5-6-10-23-17)11-20(27-21)24-12-15-7-3-4-8-16(15)22/h3-11,14,19,28H,12-13H2,1-2H3,(H2,24,25,26,27)/t19-/m0/s1. The fourth-order valence-electron chi connectivity index (χ4n) is 2.66. The summed E-state index contributed by atoms with van der Waals surface area (Å²) in [6.45, 7) is 4.27. The van der Waals surface area contributed by atoms with Crippen molar-refractivity contribution in [2.45, 2.75) is 26.4 Å². The van der Waals surface area contributed by atoms with Crippen LogP contribution < -0.4 is 10.6 Å². The smallest absolute Gasteiger partial charge is 0.225 e. The van der Waals surface area contributed by atoms with Gasteiger partial charge in [-0.05, 0) is 24.1 Å². The van der Waals surface area contributed by atoms with E-state index in [0.717, 1.165) is 0 Å². The number of pyridine rings is 1. The van der Waals surface area contributed by atoms with E-state index in [1.807, 2.05) is 32.0 Å². The van der Waals surface area contributed by atoms with E-state index in [1.165, 1.54) is 6.07 Å². The number of benzene rings is 1. The lowest BCUT2D eigenvalue weighted by molar-refractivity contribution is 0.248. The van der Waals surface area contributed by atoms with Crippen LogP contribution in [0.25, 0.3) is 11.4 Å². The summed E-state index contributed by atoms with van der Waals surface area (Å²) in [7, 11) is 0. The number of hydrogen-bond acceptors (Lipinski definition) is 6. The summed E-state index contributed by atoms with van der Waals surface area (Å²) < 4.78 is 13.9. The van der Waals surface area contributed by atoms with Crippen LogP contribution in [0.1, 0.15) is 19.4 Å². The average Bonchev–Trinajstić information content (AvgIpc) is 2.71. The summed E-state index contributed by atoms with van der Waals surface area (Å²) in [5, 5.41) is 15.9. The van der Waals surface area contributed by atoms with E-state index in [0.29, 0.717) is 35.3 Å². The number of aliphatic hydroxyl groups excluding tert-OH is 1. The van der Waals surface area contributed by atoms with Gasteiger partial charge in [-0.1, -0.05) is 38.1 Å². The van der Waals surface area contributed by atoms with Gasteiger partial charge in [-0.25, -0.2) is 9.37 Å². The van der Waals surface area contributed by atoms with Crippen molar-refractivity contribution in [1.29, 1.82) is 0 Å². The largest absolute Gasteiger partial charge is 0.394 e. The van der Waals surface area contributed by atoms with Crippen molar-refractivity contribution < 1.29 is 9.50 Å². The van der Waals surface area contributed by atoms with Crippen molar-refractivity contribution in [2.75, 3.05) is 17.2 Å². The van der Waals surface area contributed by atoms with E-state index in [4.69, 9.17) is 0 Å². The summed E-state index contributed by atoms with van der Waals surface area (Å²) in [4.78, 5) is 13.4. The van der Waals surface area contributed by atoms with E-state index in [1.54, 1.807) is 30.5 Å². The maximum absolute atomic E-state index is 13.9. The molecule has 2 heterocycles. The van der Waals surface area contributed by atoms with Crippen molar-refractivity contribution in [3.05, 3.63) is 66.1 Å². The van der Waals surface area contributed by atoms with E-state index < -0.39 is 0 Å². The molecular formula is C21H24FN5O. The molecule has 28 heavy (non-hydrogen) atoms. The van der Waals surface area contributed by atoms with Gasteiger partial charge in [0, 0.05) is 24.4 Å². The zero-order chi connectivity index (χ0) is 19.9. The van der Waals surface area contributed by atoms with Crippen LogP contribution in [0.3, 0.4) is 0 Å². The molecule has 0 amide bonds. The molecule has 0 spiro atoms. The topological polar surface area (TPSA) is 83.0 Å². The lowest BCUT2D eigenvalue weighted by Crippen LogP contribution is -2.30. The summed E-state index contributed by atoms with van der Waals surface area (Å²) in [5.41, 5.74) is 1.88. The lowest BCUT2D eigenvalue weighted by atomic mass is 10.1. The molecule has 7 heteroatoms. The van der Waals surface area contributed by atoms with Gasteiger partial charge >= 0.3 is 0 Å². The minimum absolute atomic E-state index is 0.0349. The number of aromatic nitrogens is 3. The number of nitrogens with zero attached hydrogens (tertiary/aromatic N) is 3. The monoisotopic (exact) mass is 381 g/mol. The minimum Gasteiger partial charge on any atom is -0.394 e. The minimum atomic E-state index is -0.271. The third kappa shape index (κ3) is 5.01. The fraction of sp³-hybridized carbons (Fsp3) is 0.286. The van der Waals surface area contributed by atoms with Gasteiger partial charge in [0.25, 0.3) is 0 Å². The van der Waals surface area contributed by atoms with Gasteiger partial charge in [0.1, 0.15) is 11.6 Å². The van der Waals surface area contributed by atoms with Crippen molar-refractivity contribution >= 4 is 11.8 Å². The van der Waals surface area contributed by atoms with Crippen LogP contribution in [0.5, 0.6) is 0 Å². The molecule has 0 saturated carbocycles. The first-order valence-electron chi connectivity index (χ1n) is 9.22. The van der Waals surface area contributed by atoms with Gasteiger partial charge in [-0.15, -0.1) is 0 Å². The van der Waals surface area contributed by atoms with Crippen molar-refractivity contribution in [1.82, 2.24) is 15.0 Å². The van der Waals surface area contributed by atoms with Crippen LogP contribution in [0.4, 0.5) is 16.2 Å². The van der Waals surface area contributed by atoms with Crippen molar-refractivity contribution in [2.24, 2.45) is 5.92 Å². The molecule has 0 unspecified atom stereocenters. The molecule has 0 aliphatic heterocycles. The number of anilines is 2. The molecule has 0 aliphatic rings. The number of nitrogens with one attached hydrogen (secondary N) is 2. The summed E-state index contributed by atoms with van der Waals surface area (Å²) >= 11 is 0. The van der Waals surface area contributed by atoms with Crippen LogP contribution in [-0.2, 0) is 6.54 Å². The van der Waals surface area contributed by atoms with Gasteiger partial charge in [0.2, 0.25) is 5.95 Å². The highest BCUT2D eigenvalue weighted by molar-refractivity contribution is 5.61. The molecule has 3 aromatic rings. The third-order valence-corrected chi connectivity index (χ3v) is 4.39. The molecule has 1 atom stereocenters. The normalized spacial score (nSPS) is 12.0. The second-order valence-electron chi connectivity index (χ2n) is 6.80. The van der Waals surface area contributed by atoms with E-state index in [9.17, 15) is 9.50 Å². The van der Waals surface area contributed by atoms with E-state index in [2.05, 4.69) is 25.6 Å². The first-order chi connectivity index (χ1) is 13.6. The molecule has 0 saturated heterocycles. The number of halogens is 1. The maximum atomic E-state index is 13.9. The van der Waals surface area contributed by atoms with Gasteiger partial charge in [-0.3, -0.25) is 4.98 Å². The van der Waals surface area contributed by atoms with Gasteiger partial charge in [-0.2, -0.15) is 4.98 Å². The lowest BCUT2D eigenvalue weighted by Gasteiger charge is -2.20. The third-order valence-electron chi connectivity index (χ3n) is 4.39. The fourth-order valence-corrected chi connectivity index (χ4v) is 2.66. The van der Waals surface area contributed by atoms with Crippen LogP contribution in [0.15, 0.2) is 54.7 Å². The van der Waals surface area contributed by atoms with E-state index in [-0.39, 0.29) is 24.4 Å². The Balaban J connectivity index is 1.89. The molecule has 0 aliphatic carbocycles. The van der Waals surface area contributed by atoms with Crippen molar-refractivity contribution in [3.63, 3.8) is 0 Å². The molecule has 3 N–H and O–H groups in total. The molecule has 0 radical (unpaired) electrons. The Morgan fingerprint density at radius 2 is 1.82 bits per heavy atom. The quantitative estimate of drug-likeness (QED) is 0.552. The van der Waals surface area contributed by atoms with Crippen LogP contribution in [-0.4, -0.2) is 32.7 Å². The van der Waals surface area contributed by atoms with Gasteiger partial charge < -0.3 is 15.7 Å². The highest BCUT2D eigenvalue weighted by Crippen LogP contribution is 2.21. The Bertz CT molecular complexity index is 904. The highest BCUT2D eigenvalue weighted by Gasteiger charge is 2.15. The summed E-state index contributed by atoms with van der Waals surface area (Å²) in [6.07, 6.45) is 1.70. The van der Waals surface area contributed by atoms with Crippen LogP contribution in [0, 0.1) is 11.7 Å². The Morgan fingerprint density at radius 1 is 1.04 bits per heavy atom. The number of hydrogen-bond donors (Lipinski definition) is 3. The number of rotatable bonds is 8. The predicted molar refractivity (Wildman–Crippen MR) is 108 cm³/mol. The molecular weight excluding hydrogens is 357 g/mol. The van der Waals surface area contributed by atoms with E-state index >= 15 is 0 Å². The maximum Gasteiger partial charge on any atom is 0.225 e. The Labute approximate surface area is 163 Å². The molecule has 146 valence electrons. The Hall–Kier alpha value is -3.06. The Kier molecular flexibility index (Phi) is 6.49. The molecule has 2 aromatic heterocycles. The molecule has 3 rings (SSSR count). The molecule has 6 nitrogen and oxygen atoms in total. The number of aliphatic hydroxyl groups is 1. The van der Waals surface area contributed by atoms with Gasteiger partial charge in [0.05, 0.1) is 24.0 Å². The van der Waals surface area contributed by atoms with Crippen LogP contribution in [0.2, 0.25) is 0 Å². The zero-order valence-corrected chi connectivity index (χ0v) is 15.9. The average molecular weight is 381 g/mol. The van der Waals surface area contributed by atoms with Crippen molar-refractivity contribution in [3.8, 4) is 11.4 Å². The molecule has 0 fully saturated rings. The first kappa shape index (κ1) is 19.7. The van der Waals surface area contributed by atoms with Gasteiger partial charge in [0.15, 0.2) is 0 Å².